The highest BCUT2D eigenvalue weighted by Gasteiger charge is 2.09. The van der Waals surface area contributed by atoms with E-state index in [1.165, 1.54) is 24.2 Å². The Morgan fingerprint density at radius 2 is 2.00 bits per heavy atom. The van der Waals surface area contributed by atoms with Gasteiger partial charge in [-0.1, -0.05) is 18.2 Å². The van der Waals surface area contributed by atoms with Crippen LogP contribution in [0, 0.1) is 0 Å². The quantitative estimate of drug-likeness (QED) is 0.843. The maximum Gasteiger partial charge on any atom is 0.0594 e. The summed E-state index contributed by atoms with van der Waals surface area (Å²) in [6.45, 7) is 5.16. The molecule has 1 fully saturated rings. The lowest BCUT2D eigenvalue weighted by Gasteiger charge is -2.26. The number of hydrogen-bond acceptors (Lipinski definition) is 3. The number of hydrogen-bond donors (Lipinski definition) is 1. The van der Waals surface area contributed by atoms with Gasteiger partial charge >= 0.3 is 0 Å². The average Bonchev–Trinajstić information content (AvgIpc) is 2.40. The Morgan fingerprint density at radius 3 is 2.76 bits per heavy atom. The fourth-order valence-corrected chi connectivity index (χ4v) is 2.30. The van der Waals surface area contributed by atoms with Gasteiger partial charge in [0.1, 0.15) is 0 Å². The van der Waals surface area contributed by atoms with Gasteiger partial charge in [-0.2, -0.15) is 0 Å². The molecular weight excluding hydrogens is 212 g/mol. The number of morpholine rings is 1. The molecule has 1 aromatic rings. The summed E-state index contributed by atoms with van der Waals surface area (Å²) in [5, 5.41) is 3.25. The number of rotatable bonds is 5. The standard InChI is InChI=1S/C14H22N2O/c1-15-14-7-3-2-5-13(14)6-4-8-16-9-11-17-12-10-16/h2-3,5,7,15H,4,6,8-12H2,1H3. The van der Waals surface area contributed by atoms with E-state index in [4.69, 9.17) is 4.74 Å². The van der Waals surface area contributed by atoms with Gasteiger partial charge in [0.2, 0.25) is 0 Å². The number of anilines is 1. The second-order valence-electron chi connectivity index (χ2n) is 4.46. The minimum atomic E-state index is 0.896. The highest BCUT2D eigenvalue weighted by Crippen LogP contribution is 2.16. The van der Waals surface area contributed by atoms with Gasteiger partial charge in [0.25, 0.3) is 0 Å². The molecule has 1 saturated heterocycles. The molecule has 0 unspecified atom stereocenters. The lowest BCUT2D eigenvalue weighted by atomic mass is 10.1. The molecule has 1 heterocycles. The Bertz CT molecular complexity index is 335. The van der Waals surface area contributed by atoms with Crippen molar-refractivity contribution in [3.63, 3.8) is 0 Å². The first-order valence-electron chi connectivity index (χ1n) is 6.46. The number of nitrogens with zero attached hydrogens (tertiary/aromatic N) is 1. The largest absolute Gasteiger partial charge is 0.388 e. The smallest absolute Gasteiger partial charge is 0.0594 e. The van der Waals surface area contributed by atoms with Crippen LogP contribution in [0.25, 0.3) is 0 Å². The van der Waals surface area contributed by atoms with Crippen molar-refractivity contribution in [2.45, 2.75) is 12.8 Å². The summed E-state index contributed by atoms with van der Waals surface area (Å²) >= 11 is 0. The van der Waals surface area contributed by atoms with Crippen molar-refractivity contribution in [1.82, 2.24) is 4.90 Å². The molecule has 94 valence electrons. The van der Waals surface area contributed by atoms with Gasteiger partial charge in [0, 0.05) is 25.8 Å². The van der Waals surface area contributed by atoms with Crippen molar-refractivity contribution in [2.75, 3.05) is 45.2 Å². The SMILES string of the molecule is CNc1ccccc1CCCN1CCOCC1. The first kappa shape index (κ1) is 12.4. The van der Waals surface area contributed by atoms with Crippen molar-refractivity contribution in [1.29, 1.82) is 0 Å². The van der Waals surface area contributed by atoms with Crippen molar-refractivity contribution in [3.05, 3.63) is 29.8 Å². The van der Waals surface area contributed by atoms with E-state index in [9.17, 15) is 0 Å². The number of nitrogens with one attached hydrogen (secondary N) is 1. The van der Waals surface area contributed by atoms with Crippen molar-refractivity contribution in [2.24, 2.45) is 0 Å². The second kappa shape index (κ2) is 6.62. The van der Waals surface area contributed by atoms with Gasteiger partial charge in [-0.25, -0.2) is 0 Å². The molecule has 0 radical (unpaired) electrons. The predicted octanol–water partition coefficient (Wildman–Crippen LogP) is 1.99. The molecule has 2 rings (SSSR count). The summed E-state index contributed by atoms with van der Waals surface area (Å²) in [6, 6.07) is 8.55. The van der Waals surface area contributed by atoms with Crippen LogP contribution in [0.3, 0.4) is 0 Å². The molecule has 0 atom stereocenters. The van der Waals surface area contributed by atoms with Gasteiger partial charge in [0.05, 0.1) is 13.2 Å². The molecule has 1 aliphatic heterocycles. The zero-order chi connectivity index (χ0) is 11.9. The van der Waals surface area contributed by atoms with Gasteiger partial charge in [-0.15, -0.1) is 0 Å². The van der Waals surface area contributed by atoms with Crippen molar-refractivity contribution >= 4 is 5.69 Å². The van der Waals surface area contributed by atoms with E-state index in [2.05, 4.69) is 34.5 Å². The number of benzene rings is 1. The summed E-state index contributed by atoms with van der Waals surface area (Å²) in [5.41, 5.74) is 2.68. The lowest BCUT2D eigenvalue weighted by molar-refractivity contribution is 0.0375. The van der Waals surface area contributed by atoms with E-state index in [0.29, 0.717) is 0 Å². The van der Waals surface area contributed by atoms with Crippen molar-refractivity contribution < 1.29 is 4.74 Å². The van der Waals surface area contributed by atoms with Crippen LogP contribution < -0.4 is 5.32 Å². The summed E-state index contributed by atoms with van der Waals surface area (Å²) in [6.07, 6.45) is 2.37. The van der Waals surface area contributed by atoms with Crippen LogP contribution in [0.4, 0.5) is 5.69 Å². The summed E-state index contributed by atoms with van der Waals surface area (Å²) in [7, 11) is 1.99. The first-order chi connectivity index (χ1) is 8.40. The molecule has 0 aliphatic carbocycles. The predicted molar refractivity (Wildman–Crippen MR) is 71.6 cm³/mol. The fraction of sp³-hybridized carbons (Fsp3) is 0.571. The Morgan fingerprint density at radius 1 is 1.24 bits per heavy atom. The molecule has 17 heavy (non-hydrogen) atoms. The van der Waals surface area contributed by atoms with E-state index in [-0.39, 0.29) is 0 Å². The minimum Gasteiger partial charge on any atom is -0.388 e. The Kier molecular flexibility index (Phi) is 4.83. The van der Waals surface area contributed by atoms with Crippen molar-refractivity contribution in [3.8, 4) is 0 Å². The third-order valence-electron chi connectivity index (χ3n) is 3.31. The van der Waals surface area contributed by atoms with E-state index in [1.807, 2.05) is 7.05 Å². The topological polar surface area (TPSA) is 24.5 Å². The molecule has 3 nitrogen and oxygen atoms in total. The zero-order valence-corrected chi connectivity index (χ0v) is 10.6. The maximum atomic E-state index is 5.35. The van der Waals surface area contributed by atoms with E-state index >= 15 is 0 Å². The van der Waals surface area contributed by atoms with Gasteiger partial charge in [-0.3, -0.25) is 4.90 Å². The van der Waals surface area contributed by atoms with E-state index < -0.39 is 0 Å². The first-order valence-corrected chi connectivity index (χ1v) is 6.46. The highest BCUT2D eigenvalue weighted by atomic mass is 16.5. The van der Waals surface area contributed by atoms with Crippen LogP contribution >= 0.6 is 0 Å². The molecule has 0 bridgehead atoms. The number of aryl methyl sites for hydroxylation is 1. The summed E-state index contributed by atoms with van der Waals surface area (Å²) in [4.78, 5) is 2.49. The molecule has 3 heteroatoms. The van der Waals surface area contributed by atoms with E-state index in [1.54, 1.807) is 0 Å². The number of para-hydroxylation sites is 1. The highest BCUT2D eigenvalue weighted by molar-refractivity contribution is 5.50. The third-order valence-corrected chi connectivity index (χ3v) is 3.31. The van der Waals surface area contributed by atoms with Crippen LogP contribution in [-0.2, 0) is 11.2 Å². The maximum absolute atomic E-state index is 5.35. The minimum absolute atomic E-state index is 0.896. The van der Waals surface area contributed by atoms with Crippen LogP contribution in [0.5, 0.6) is 0 Å². The Labute approximate surface area is 104 Å². The number of ether oxygens (including phenoxy) is 1. The Hall–Kier alpha value is -1.06. The third kappa shape index (κ3) is 3.72. The molecule has 0 amide bonds. The van der Waals surface area contributed by atoms with E-state index in [0.717, 1.165) is 32.7 Å². The molecule has 0 spiro atoms. The van der Waals surface area contributed by atoms with Gasteiger partial charge in [-0.05, 0) is 31.0 Å². The normalized spacial score (nSPS) is 17.0. The summed E-state index contributed by atoms with van der Waals surface area (Å²) < 4.78 is 5.35. The Balaban J connectivity index is 1.77. The zero-order valence-electron chi connectivity index (χ0n) is 10.6. The molecule has 1 aromatic carbocycles. The van der Waals surface area contributed by atoms with Gasteiger partial charge in [0.15, 0.2) is 0 Å². The molecular formula is C14H22N2O. The molecule has 1 N–H and O–H groups in total. The van der Waals surface area contributed by atoms with Crippen LogP contribution in [0.2, 0.25) is 0 Å². The molecule has 1 aliphatic rings. The van der Waals surface area contributed by atoms with Crippen LogP contribution in [0.15, 0.2) is 24.3 Å². The fourth-order valence-electron chi connectivity index (χ4n) is 2.30. The summed E-state index contributed by atoms with van der Waals surface area (Å²) in [5.74, 6) is 0. The molecule has 0 saturated carbocycles. The lowest BCUT2D eigenvalue weighted by Crippen LogP contribution is -2.36. The average molecular weight is 234 g/mol. The molecule has 0 aromatic heterocycles. The second-order valence-corrected chi connectivity index (χ2v) is 4.46. The monoisotopic (exact) mass is 234 g/mol. The van der Waals surface area contributed by atoms with Gasteiger partial charge < -0.3 is 10.1 Å². The van der Waals surface area contributed by atoms with Crippen LogP contribution in [-0.4, -0.2) is 44.8 Å². The van der Waals surface area contributed by atoms with Crippen LogP contribution in [0.1, 0.15) is 12.0 Å².